The molecule has 0 bridgehead atoms. The third-order valence-corrected chi connectivity index (χ3v) is 4.50. The molecule has 0 radical (unpaired) electrons. The third-order valence-electron chi connectivity index (χ3n) is 2.43. The molecule has 1 rings (SSSR count). The van der Waals surface area contributed by atoms with Crippen LogP contribution in [0.5, 0.6) is 0 Å². The summed E-state index contributed by atoms with van der Waals surface area (Å²) >= 11 is 0. The maximum atomic E-state index is 11.7. The first-order chi connectivity index (χ1) is 5.90. The number of hydrogen-bond acceptors (Lipinski definition) is 3. The van der Waals surface area contributed by atoms with Gasteiger partial charge in [-0.1, -0.05) is 0 Å². The molecule has 0 atom stereocenters. The van der Waals surface area contributed by atoms with Crippen molar-refractivity contribution in [2.24, 2.45) is 0 Å². The molecular weight excluding hydrogens is 188 g/mol. The molecule has 1 aliphatic heterocycles. The minimum absolute atomic E-state index is 0.191. The number of nitrogens with zero attached hydrogens (tertiary/aromatic N) is 1. The summed E-state index contributed by atoms with van der Waals surface area (Å²) in [6.07, 6.45) is 0. The van der Waals surface area contributed by atoms with E-state index in [4.69, 9.17) is 0 Å². The van der Waals surface area contributed by atoms with E-state index in [0.717, 1.165) is 13.1 Å². The Kier molecular flexibility index (Phi) is 2.99. The molecule has 1 saturated heterocycles. The summed E-state index contributed by atoms with van der Waals surface area (Å²) in [6, 6.07) is 0. The van der Waals surface area contributed by atoms with E-state index in [1.54, 1.807) is 11.2 Å². The van der Waals surface area contributed by atoms with Gasteiger partial charge in [0.05, 0.1) is 5.75 Å². The summed E-state index contributed by atoms with van der Waals surface area (Å²) in [5, 5.41) is 3.20. The van der Waals surface area contributed by atoms with Gasteiger partial charge in [-0.2, -0.15) is 4.31 Å². The van der Waals surface area contributed by atoms with Crippen molar-refractivity contribution in [1.82, 2.24) is 9.62 Å². The molecule has 1 aliphatic rings. The topological polar surface area (TPSA) is 49.4 Å². The maximum absolute atomic E-state index is 11.7. The highest BCUT2D eigenvalue weighted by Crippen LogP contribution is 2.20. The van der Waals surface area contributed by atoms with Crippen molar-refractivity contribution >= 4 is 10.0 Å². The van der Waals surface area contributed by atoms with Gasteiger partial charge in [0.1, 0.15) is 0 Å². The van der Waals surface area contributed by atoms with Crippen LogP contribution in [0.15, 0.2) is 0 Å². The standard InChI is InChI=1S/C8H18N2O2S/c1-4-13(11,12)10-6-5-9-7-8(10,2)3/h9H,4-7H2,1-3H3. The van der Waals surface area contributed by atoms with Gasteiger partial charge in [0, 0.05) is 25.2 Å². The van der Waals surface area contributed by atoms with Gasteiger partial charge in [-0.25, -0.2) is 8.42 Å². The Morgan fingerprint density at radius 3 is 2.54 bits per heavy atom. The molecule has 13 heavy (non-hydrogen) atoms. The normalized spacial score (nSPS) is 24.5. The van der Waals surface area contributed by atoms with Crippen LogP contribution in [-0.4, -0.2) is 43.6 Å². The quantitative estimate of drug-likeness (QED) is 0.693. The van der Waals surface area contributed by atoms with E-state index in [1.807, 2.05) is 13.8 Å². The van der Waals surface area contributed by atoms with Crippen molar-refractivity contribution in [2.45, 2.75) is 26.3 Å². The highest BCUT2D eigenvalue weighted by molar-refractivity contribution is 7.89. The van der Waals surface area contributed by atoms with Gasteiger partial charge in [0.25, 0.3) is 0 Å². The molecule has 0 aromatic heterocycles. The lowest BCUT2D eigenvalue weighted by Gasteiger charge is -2.41. The number of rotatable bonds is 2. The first-order valence-corrected chi connectivity index (χ1v) is 6.22. The fourth-order valence-corrected chi connectivity index (χ4v) is 3.14. The third kappa shape index (κ3) is 2.21. The molecule has 0 saturated carbocycles. The van der Waals surface area contributed by atoms with E-state index in [-0.39, 0.29) is 11.3 Å². The Balaban J connectivity index is 2.89. The maximum Gasteiger partial charge on any atom is 0.214 e. The Labute approximate surface area is 80.4 Å². The van der Waals surface area contributed by atoms with Gasteiger partial charge in [-0.05, 0) is 20.8 Å². The summed E-state index contributed by atoms with van der Waals surface area (Å²) in [5.74, 6) is 0.191. The minimum Gasteiger partial charge on any atom is -0.314 e. The van der Waals surface area contributed by atoms with Crippen molar-refractivity contribution in [1.29, 1.82) is 0 Å². The number of piperazine rings is 1. The van der Waals surface area contributed by atoms with Gasteiger partial charge in [-0.3, -0.25) is 0 Å². The summed E-state index contributed by atoms with van der Waals surface area (Å²) in [5.41, 5.74) is -0.285. The Morgan fingerprint density at radius 2 is 2.08 bits per heavy atom. The second kappa shape index (κ2) is 3.55. The van der Waals surface area contributed by atoms with Crippen LogP contribution in [0.1, 0.15) is 20.8 Å². The summed E-state index contributed by atoms with van der Waals surface area (Å²) < 4.78 is 24.9. The fourth-order valence-electron chi connectivity index (χ4n) is 1.64. The van der Waals surface area contributed by atoms with E-state index in [0.29, 0.717) is 6.54 Å². The zero-order chi connectivity index (χ0) is 10.1. The fraction of sp³-hybridized carbons (Fsp3) is 1.00. The summed E-state index contributed by atoms with van der Waals surface area (Å²) in [7, 11) is -3.04. The van der Waals surface area contributed by atoms with Gasteiger partial charge < -0.3 is 5.32 Å². The number of nitrogens with one attached hydrogen (secondary N) is 1. The molecule has 0 aromatic carbocycles. The molecular formula is C8H18N2O2S. The Bertz CT molecular complexity index is 272. The van der Waals surface area contributed by atoms with E-state index in [2.05, 4.69) is 5.32 Å². The average Bonchev–Trinajstić information content (AvgIpc) is 2.03. The second-order valence-electron chi connectivity index (χ2n) is 3.96. The first-order valence-electron chi connectivity index (χ1n) is 4.61. The lowest BCUT2D eigenvalue weighted by atomic mass is 10.0. The highest BCUT2D eigenvalue weighted by atomic mass is 32.2. The van der Waals surface area contributed by atoms with Crippen molar-refractivity contribution in [3.05, 3.63) is 0 Å². The van der Waals surface area contributed by atoms with Crippen LogP contribution in [0.4, 0.5) is 0 Å². The van der Waals surface area contributed by atoms with Crippen LogP contribution >= 0.6 is 0 Å². The molecule has 1 heterocycles. The van der Waals surface area contributed by atoms with Gasteiger partial charge in [0.2, 0.25) is 10.0 Å². The zero-order valence-electron chi connectivity index (χ0n) is 8.50. The largest absolute Gasteiger partial charge is 0.314 e. The van der Waals surface area contributed by atoms with E-state index in [1.165, 1.54) is 0 Å². The summed E-state index contributed by atoms with van der Waals surface area (Å²) in [4.78, 5) is 0. The minimum atomic E-state index is -3.04. The van der Waals surface area contributed by atoms with Crippen LogP contribution < -0.4 is 5.32 Å². The van der Waals surface area contributed by atoms with Gasteiger partial charge in [0.15, 0.2) is 0 Å². The predicted octanol–water partition coefficient (Wildman–Crippen LogP) is 0.0199. The molecule has 1 fully saturated rings. The van der Waals surface area contributed by atoms with Crippen molar-refractivity contribution in [2.75, 3.05) is 25.4 Å². The molecule has 0 aliphatic carbocycles. The predicted molar refractivity (Wildman–Crippen MR) is 53.1 cm³/mol. The molecule has 0 amide bonds. The van der Waals surface area contributed by atoms with Crippen LogP contribution in [-0.2, 0) is 10.0 Å². The second-order valence-corrected chi connectivity index (χ2v) is 6.14. The molecule has 0 spiro atoms. The molecule has 78 valence electrons. The van der Waals surface area contributed by atoms with Crippen molar-refractivity contribution in [3.63, 3.8) is 0 Å². The lowest BCUT2D eigenvalue weighted by Crippen LogP contribution is -2.60. The smallest absolute Gasteiger partial charge is 0.214 e. The van der Waals surface area contributed by atoms with Gasteiger partial charge >= 0.3 is 0 Å². The van der Waals surface area contributed by atoms with Crippen LogP contribution in [0.3, 0.4) is 0 Å². The molecule has 5 heteroatoms. The monoisotopic (exact) mass is 206 g/mol. The molecule has 1 N–H and O–H groups in total. The van der Waals surface area contributed by atoms with Crippen LogP contribution in [0.2, 0.25) is 0 Å². The average molecular weight is 206 g/mol. The van der Waals surface area contributed by atoms with Crippen molar-refractivity contribution in [3.8, 4) is 0 Å². The zero-order valence-corrected chi connectivity index (χ0v) is 9.32. The molecule has 4 nitrogen and oxygen atoms in total. The van der Waals surface area contributed by atoms with Crippen molar-refractivity contribution < 1.29 is 8.42 Å². The van der Waals surface area contributed by atoms with E-state index >= 15 is 0 Å². The van der Waals surface area contributed by atoms with Crippen LogP contribution in [0.25, 0.3) is 0 Å². The van der Waals surface area contributed by atoms with E-state index in [9.17, 15) is 8.42 Å². The Hall–Kier alpha value is -0.130. The first kappa shape index (κ1) is 10.9. The SMILES string of the molecule is CCS(=O)(=O)N1CCNCC1(C)C. The van der Waals surface area contributed by atoms with Gasteiger partial charge in [-0.15, -0.1) is 0 Å². The number of hydrogen-bond donors (Lipinski definition) is 1. The summed E-state index contributed by atoms with van der Waals surface area (Å²) in [6.45, 7) is 7.66. The highest BCUT2D eigenvalue weighted by Gasteiger charge is 2.36. The molecule has 0 unspecified atom stereocenters. The molecule has 0 aromatic rings. The number of sulfonamides is 1. The Morgan fingerprint density at radius 1 is 1.46 bits per heavy atom. The lowest BCUT2D eigenvalue weighted by molar-refractivity contribution is 0.186. The van der Waals surface area contributed by atoms with E-state index < -0.39 is 10.0 Å². The van der Waals surface area contributed by atoms with Crippen LogP contribution in [0, 0.1) is 0 Å².